The third-order valence-electron chi connectivity index (χ3n) is 2.25. The van der Waals surface area contributed by atoms with Gasteiger partial charge >= 0.3 is 0 Å². The van der Waals surface area contributed by atoms with Crippen molar-refractivity contribution >= 4 is 11.8 Å². The lowest BCUT2D eigenvalue weighted by Crippen LogP contribution is -2.23. The fourth-order valence-corrected chi connectivity index (χ4v) is 2.54. The Morgan fingerprint density at radius 3 is 2.77 bits per heavy atom. The summed E-state index contributed by atoms with van der Waals surface area (Å²) in [6, 6.07) is 0. The molecule has 0 amide bonds. The minimum absolute atomic E-state index is 0.161. The summed E-state index contributed by atoms with van der Waals surface area (Å²) in [4.78, 5) is 0. The van der Waals surface area contributed by atoms with E-state index in [1.165, 1.54) is 0 Å². The molecule has 1 saturated heterocycles. The number of hydrogen-bond acceptors (Lipinski definition) is 3. The smallest absolute Gasteiger partial charge is 0.0681 e. The minimum Gasteiger partial charge on any atom is -0.392 e. The number of aliphatic hydroxyl groups excluding tert-OH is 1. The average Bonchev–Trinajstić information content (AvgIpc) is 2.55. The van der Waals surface area contributed by atoms with E-state index in [4.69, 9.17) is 4.74 Å². The molecule has 1 N–H and O–H groups in total. The summed E-state index contributed by atoms with van der Waals surface area (Å²) in [6.07, 6.45) is 0.870. The second kappa shape index (κ2) is 5.89. The monoisotopic (exact) mass is 204 g/mol. The maximum absolute atomic E-state index is 9.76. The Hall–Kier alpha value is 0.270. The van der Waals surface area contributed by atoms with Crippen molar-refractivity contribution in [3.05, 3.63) is 0 Å². The maximum atomic E-state index is 9.76. The number of rotatable bonds is 5. The quantitative estimate of drug-likeness (QED) is 0.740. The van der Waals surface area contributed by atoms with E-state index in [0.29, 0.717) is 5.92 Å². The van der Waals surface area contributed by atoms with Gasteiger partial charge in [-0.05, 0) is 18.1 Å². The van der Waals surface area contributed by atoms with Crippen LogP contribution in [-0.4, -0.2) is 35.9 Å². The molecule has 3 heteroatoms. The van der Waals surface area contributed by atoms with Crippen molar-refractivity contribution in [2.24, 2.45) is 11.8 Å². The third kappa shape index (κ3) is 4.34. The van der Waals surface area contributed by atoms with Crippen LogP contribution in [0, 0.1) is 11.8 Å². The predicted octanol–water partition coefficient (Wildman–Crippen LogP) is 1.77. The first-order valence-electron chi connectivity index (χ1n) is 5.03. The Balaban J connectivity index is 2.06. The van der Waals surface area contributed by atoms with Crippen LogP contribution in [0.1, 0.15) is 20.3 Å². The van der Waals surface area contributed by atoms with Crippen molar-refractivity contribution in [1.29, 1.82) is 0 Å². The summed E-state index contributed by atoms with van der Waals surface area (Å²) in [5, 5.41) is 9.76. The fourth-order valence-electron chi connectivity index (χ4n) is 1.42. The molecule has 1 fully saturated rings. The van der Waals surface area contributed by atoms with Crippen LogP contribution >= 0.6 is 11.8 Å². The highest BCUT2D eigenvalue weighted by Gasteiger charge is 2.23. The molecule has 0 saturated carbocycles. The van der Waals surface area contributed by atoms with E-state index >= 15 is 0 Å². The molecular formula is C10H20O2S. The van der Waals surface area contributed by atoms with Gasteiger partial charge < -0.3 is 9.84 Å². The standard InChI is InChI=1S/C10H20O2S/c1-8(2)6-13-7-10(11)9-3-4-12-5-9/h8-11H,3-7H2,1-2H3. The first-order chi connectivity index (χ1) is 6.20. The Morgan fingerprint density at radius 2 is 2.23 bits per heavy atom. The molecule has 0 aliphatic carbocycles. The lowest BCUT2D eigenvalue weighted by molar-refractivity contribution is 0.109. The molecule has 1 heterocycles. The third-order valence-corrected chi connectivity index (χ3v) is 3.73. The van der Waals surface area contributed by atoms with Gasteiger partial charge in [0, 0.05) is 18.3 Å². The van der Waals surface area contributed by atoms with Crippen LogP contribution in [0.15, 0.2) is 0 Å². The summed E-state index contributed by atoms with van der Waals surface area (Å²) in [5.41, 5.74) is 0. The van der Waals surface area contributed by atoms with Gasteiger partial charge in [-0.25, -0.2) is 0 Å². The molecule has 0 bridgehead atoms. The summed E-state index contributed by atoms with van der Waals surface area (Å²) >= 11 is 1.85. The molecular weight excluding hydrogens is 184 g/mol. The topological polar surface area (TPSA) is 29.5 Å². The van der Waals surface area contributed by atoms with E-state index in [2.05, 4.69) is 13.8 Å². The van der Waals surface area contributed by atoms with Crippen LogP contribution in [0.4, 0.5) is 0 Å². The molecule has 1 aliphatic rings. The van der Waals surface area contributed by atoms with Crippen LogP contribution in [0.2, 0.25) is 0 Å². The van der Waals surface area contributed by atoms with Gasteiger partial charge in [0.05, 0.1) is 12.7 Å². The fraction of sp³-hybridized carbons (Fsp3) is 1.00. The van der Waals surface area contributed by atoms with Crippen LogP contribution in [0.3, 0.4) is 0 Å². The van der Waals surface area contributed by atoms with Gasteiger partial charge in [-0.2, -0.15) is 11.8 Å². The molecule has 0 aromatic carbocycles. The van der Waals surface area contributed by atoms with E-state index < -0.39 is 0 Å². The van der Waals surface area contributed by atoms with Crippen molar-refractivity contribution < 1.29 is 9.84 Å². The molecule has 1 aliphatic heterocycles. The maximum Gasteiger partial charge on any atom is 0.0681 e. The second-order valence-electron chi connectivity index (χ2n) is 4.12. The Kier molecular flexibility index (Phi) is 5.14. The zero-order chi connectivity index (χ0) is 9.68. The van der Waals surface area contributed by atoms with Crippen LogP contribution in [-0.2, 0) is 4.74 Å². The van der Waals surface area contributed by atoms with Gasteiger partial charge in [0.2, 0.25) is 0 Å². The number of thioether (sulfide) groups is 1. The number of ether oxygens (including phenoxy) is 1. The average molecular weight is 204 g/mol. The van der Waals surface area contributed by atoms with Crippen LogP contribution in [0.25, 0.3) is 0 Å². The van der Waals surface area contributed by atoms with Gasteiger partial charge in [-0.1, -0.05) is 13.8 Å². The van der Waals surface area contributed by atoms with Crippen molar-refractivity contribution in [1.82, 2.24) is 0 Å². The van der Waals surface area contributed by atoms with Crippen LogP contribution < -0.4 is 0 Å². The number of aliphatic hydroxyl groups is 1. The van der Waals surface area contributed by atoms with Gasteiger partial charge in [0.15, 0.2) is 0 Å². The lowest BCUT2D eigenvalue weighted by atomic mass is 10.0. The summed E-state index contributed by atoms with van der Waals surface area (Å²) in [6.45, 7) is 6.00. The van der Waals surface area contributed by atoms with Crippen LogP contribution in [0.5, 0.6) is 0 Å². The summed E-state index contributed by atoms with van der Waals surface area (Å²) < 4.78 is 5.24. The highest BCUT2D eigenvalue weighted by Crippen LogP contribution is 2.20. The van der Waals surface area contributed by atoms with Crippen molar-refractivity contribution in [3.8, 4) is 0 Å². The predicted molar refractivity (Wildman–Crippen MR) is 57.1 cm³/mol. The van der Waals surface area contributed by atoms with E-state index in [1.807, 2.05) is 11.8 Å². The highest BCUT2D eigenvalue weighted by molar-refractivity contribution is 7.99. The SMILES string of the molecule is CC(C)CSCC(O)C1CCOC1. The molecule has 13 heavy (non-hydrogen) atoms. The highest BCUT2D eigenvalue weighted by atomic mass is 32.2. The summed E-state index contributed by atoms with van der Waals surface area (Å²) in [7, 11) is 0. The van der Waals surface area contributed by atoms with Crippen molar-refractivity contribution in [2.75, 3.05) is 24.7 Å². The molecule has 0 spiro atoms. The zero-order valence-corrected chi connectivity index (χ0v) is 9.35. The zero-order valence-electron chi connectivity index (χ0n) is 8.53. The molecule has 2 nitrogen and oxygen atoms in total. The molecule has 0 radical (unpaired) electrons. The van der Waals surface area contributed by atoms with E-state index in [1.54, 1.807) is 0 Å². The Bertz CT molecular complexity index is 133. The minimum atomic E-state index is -0.161. The molecule has 2 unspecified atom stereocenters. The van der Waals surface area contributed by atoms with Gasteiger partial charge in [-0.3, -0.25) is 0 Å². The second-order valence-corrected chi connectivity index (χ2v) is 5.20. The normalized spacial score (nSPS) is 25.4. The first kappa shape index (κ1) is 11.3. The van der Waals surface area contributed by atoms with Gasteiger partial charge in [0.25, 0.3) is 0 Å². The molecule has 0 aromatic heterocycles. The Labute approximate surface area is 85.0 Å². The van der Waals surface area contributed by atoms with E-state index in [0.717, 1.165) is 37.1 Å². The first-order valence-corrected chi connectivity index (χ1v) is 6.19. The Morgan fingerprint density at radius 1 is 1.46 bits per heavy atom. The van der Waals surface area contributed by atoms with E-state index in [-0.39, 0.29) is 6.10 Å². The molecule has 2 atom stereocenters. The largest absolute Gasteiger partial charge is 0.392 e. The lowest BCUT2D eigenvalue weighted by Gasteiger charge is -2.16. The summed E-state index contributed by atoms with van der Waals surface area (Å²) in [5.74, 6) is 3.12. The molecule has 0 aromatic rings. The van der Waals surface area contributed by atoms with Gasteiger partial charge in [0.1, 0.15) is 0 Å². The van der Waals surface area contributed by atoms with Crippen molar-refractivity contribution in [3.63, 3.8) is 0 Å². The molecule has 1 rings (SSSR count). The van der Waals surface area contributed by atoms with E-state index in [9.17, 15) is 5.11 Å². The van der Waals surface area contributed by atoms with Crippen molar-refractivity contribution in [2.45, 2.75) is 26.4 Å². The van der Waals surface area contributed by atoms with Gasteiger partial charge in [-0.15, -0.1) is 0 Å². The molecule has 78 valence electrons. The number of hydrogen-bond donors (Lipinski definition) is 1.